The number of rotatable bonds is 10. The van der Waals surface area contributed by atoms with Crippen molar-refractivity contribution in [2.75, 3.05) is 19.5 Å². The molecule has 0 atom stereocenters. The number of nitrogens with one attached hydrogen (secondary N) is 1. The van der Waals surface area contributed by atoms with E-state index in [1.807, 2.05) is 79.9 Å². The largest absolute Gasteiger partial charge is 0.497 e. The lowest BCUT2D eigenvalue weighted by Crippen LogP contribution is -2.37. The van der Waals surface area contributed by atoms with Crippen LogP contribution in [0.2, 0.25) is 0 Å². The van der Waals surface area contributed by atoms with E-state index < -0.39 is 5.41 Å². The molecule has 0 aliphatic carbocycles. The van der Waals surface area contributed by atoms with Gasteiger partial charge in [0.25, 0.3) is 0 Å². The third-order valence-corrected chi connectivity index (χ3v) is 8.14. The van der Waals surface area contributed by atoms with Crippen LogP contribution in [0.15, 0.2) is 103 Å². The van der Waals surface area contributed by atoms with Crippen LogP contribution in [-0.2, 0) is 11.2 Å². The highest BCUT2D eigenvalue weighted by Crippen LogP contribution is 2.43. The third kappa shape index (κ3) is 6.47. The van der Waals surface area contributed by atoms with Gasteiger partial charge in [-0.25, -0.2) is 4.98 Å². The molecule has 0 saturated carbocycles. The average Bonchev–Trinajstić information content (AvgIpc) is 3.45. The van der Waals surface area contributed by atoms with Gasteiger partial charge in [-0.2, -0.15) is 0 Å². The minimum Gasteiger partial charge on any atom is -0.497 e. The van der Waals surface area contributed by atoms with E-state index in [1.54, 1.807) is 26.6 Å². The molecule has 0 aliphatic heterocycles. The second-order valence-electron chi connectivity index (χ2n) is 10.4. The van der Waals surface area contributed by atoms with Gasteiger partial charge in [0.1, 0.15) is 11.5 Å². The van der Waals surface area contributed by atoms with Crippen molar-refractivity contribution in [1.29, 1.82) is 0 Å². The highest BCUT2D eigenvalue weighted by atomic mass is 32.1. The second kappa shape index (κ2) is 12.4. The zero-order valence-corrected chi connectivity index (χ0v) is 24.4. The maximum Gasteiger partial charge on any atom is 0.232 e. The van der Waals surface area contributed by atoms with Crippen molar-refractivity contribution in [2.45, 2.75) is 26.2 Å². The number of amides is 1. The van der Waals surface area contributed by atoms with Gasteiger partial charge in [-0.1, -0.05) is 62.4 Å². The second-order valence-corrected chi connectivity index (χ2v) is 11.3. The summed E-state index contributed by atoms with van der Waals surface area (Å²) in [6.45, 7) is 3.95. The molecule has 2 aromatic heterocycles. The molecular weight excluding hydrogens is 530 g/mol. The quantitative estimate of drug-likeness (QED) is 0.189. The molecule has 0 radical (unpaired) electrons. The van der Waals surface area contributed by atoms with E-state index >= 15 is 0 Å². The number of aromatic nitrogens is 2. The molecule has 1 amide bonds. The van der Waals surface area contributed by atoms with Crippen LogP contribution >= 0.6 is 11.3 Å². The maximum absolute atomic E-state index is 13.8. The molecule has 0 spiro atoms. The number of hydrogen-bond acceptors (Lipinski definition) is 6. The summed E-state index contributed by atoms with van der Waals surface area (Å²) in [5, 5.41) is 5.69. The molecule has 0 saturated heterocycles. The SMILES string of the molecule is COc1ccc(C(c2ccc(OC)cc2)C(C)(C)C(=O)Nc2nc(Cc3ccc(-c4ccncc4)cc3)cs2)cc1. The Balaban J connectivity index is 1.33. The van der Waals surface area contributed by atoms with Gasteiger partial charge in [0.15, 0.2) is 5.13 Å². The zero-order valence-electron chi connectivity index (χ0n) is 23.6. The number of thiazole rings is 1. The van der Waals surface area contributed by atoms with Gasteiger partial charge in [-0.15, -0.1) is 11.3 Å². The number of pyridine rings is 1. The van der Waals surface area contributed by atoms with Crippen LogP contribution < -0.4 is 14.8 Å². The van der Waals surface area contributed by atoms with E-state index in [0.29, 0.717) is 11.6 Å². The third-order valence-electron chi connectivity index (χ3n) is 7.33. The zero-order chi connectivity index (χ0) is 28.8. The fourth-order valence-electron chi connectivity index (χ4n) is 5.02. The van der Waals surface area contributed by atoms with Crippen molar-refractivity contribution < 1.29 is 14.3 Å². The lowest BCUT2D eigenvalue weighted by atomic mass is 9.70. The van der Waals surface area contributed by atoms with Crippen LogP contribution in [0.25, 0.3) is 11.1 Å². The fourth-order valence-corrected chi connectivity index (χ4v) is 5.73. The first kappa shape index (κ1) is 28.1. The van der Waals surface area contributed by atoms with Crippen LogP contribution in [0.4, 0.5) is 5.13 Å². The van der Waals surface area contributed by atoms with Gasteiger partial charge >= 0.3 is 0 Å². The molecule has 0 unspecified atom stereocenters. The van der Waals surface area contributed by atoms with Crippen LogP contribution in [0, 0.1) is 5.41 Å². The first-order valence-electron chi connectivity index (χ1n) is 13.4. The van der Waals surface area contributed by atoms with E-state index in [-0.39, 0.29) is 11.8 Å². The predicted molar refractivity (Wildman–Crippen MR) is 165 cm³/mol. The van der Waals surface area contributed by atoms with Crippen molar-refractivity contribution in [1.82, 2.24) is 9.97 Å². The molecule has 5 rings (SSSR count). The fraction of sp³-hybridized carbons (Fsp3) is 0.206. The molecule has 2 heterocycles. The number of benzene rings is 3. The number of ether oxygens (including phenoxy) is 2. The molecule has 3 aromatic carbocycles. The molecule has 6 nitrogen and oxygen atoms in total. The van der Waals surface area contributed by atoms with E-state index in [9.17, 15) is 4.79 Å². The molecule has 0 aliphatic rings. The molecule has 208 valence electrons. The minimum absolute atomic E-state index is 0.100. The van der Waals surface area contributed by atoms with Gasteiger partial charge in [0.05, 0.1) is 25.3 Å². The Bertz CT molecular complexity index is 1530. The Hall–Kier alpha value is -4.49. The lowest BCUT2D eigenvalue weighted by molar-refractivity contribution is -0.124. The number of carbonyl (C=O) groups excluding carboxylic acids is 1. The highest BCUT2D eigenvalue weighted by molar-refractivity contribution is 7.13. The first-order valence-corrected chi connectivity index (χ1v) is 14.3. The lowest BCUT2D eigenvalue weighted by Gasteiger charge is -2.34. The average molecular weight is 564 g/mol. The van der Waals surface area contributed by atoms with Crippen LogP contribution in [-0.4, -0.2) is 30.1 Å². The van der Waals surface area contributed by atoms with Crippen molar-refractivity contribution in [3.8, 4) is 22.6 Å². The molecule has 5 aromatic rings. The number of nitrogens with zero attached hydrogens (tertiary/aromatic N) is 2. The Morgan fingerprint density at radius 2 is 1.34 bits per heavy atom. The summed E-state index contributed by atoms with van der Waals surface area (Å²) in [6.07, 6.45) is 4.28. The Labute approximate surface area is 245 Å². The van der Waals surface area contributed by atoms with Gasteiger partial charge < -0.3 is 14.8 Å². The molecule has 0 fully saturated rings. The Morgan fingerprint density at radius 3 is 1.88 bits per heavy atom. The molecule has 41 heavy (non-hydrogen) atoms. The molecule has 1 N–H and O–H groups in total. The Morgan fingerprint density at radius 1 is 0.805 bits per heavy atom. The monoisotopic (exact) mass is 563 g/mol. The summed E-state index contributed by atoms with van der Waals surface area (Å²) in [7, 11) is 3.29. The van der Waals surface area contributed by atoms with Gasteiger partial charge in [-0.05, 0) is 64.2 Å². The van der Waals surface area contributed by atoms with Crippen LogP contribution in [0.1, 0.15) is 42.1 Å². The Kier molecular flexibility index (Phi) is 8.45. The summed E-state index contributed by atoms with van der Waals surface area (Å²) < 4.78 is 10.7. The number of hydrogen-bond donors (Lipinski definition) is 1. The van der Waals surface area contributed by atoms with Gasteiger partial charge in [0, 0.05) is 30.1 Å². The minimum atomic E-state index is -0.794. The predicted octanol–water partition coefficient (Wildman–Crippen LogP) is 7.61. The van der Waals surface area contributed by atoms with Crippen molar-refractivity contribution in [3.05, 3.63) is 125 Å². The van der Waals surface area contributed by atoms with E-state index in [0.717, 1.165) is 45.0 Å². The van der Waals surface area contributed by atoms with Gasteiger partial charge in [-0.3, -0.25) is 9.78 Å². The standard InChI is InChI=1S/C34H33N3O3S/c1-34(2,31(26-9-13-29(39-3)14-10-26)27-11-15-30(40-4)16-12-27)32(38)37-33-36-28(22-41-33)21-23-5-7-24(8-6-23)25-17-19-35-20-18-25/h5-20,22,31H,21H2,1-4H3,(H,36,37,38). The van der Waals surface area contributed by atoms with E-state index in [1.165, 1.54) is 11.3 Å². The van der Waals surface area contributed by atoms with Crippen molar-refractivity contribution in [3.63, 3.8) is 0 Å². The summed E-state index contributed by atoms with van der Waals surface area (Å²) >= 11 is 1.44. The number of carbonyl (C=O) groups is 1. The van der Waals surface area contributed by atoms with Crippen LogP contribution in [0.3, 0.4) is 0 Å². The first-order chi connectivity index (χ1) is 19.9. The highest BCUT2D eigenvalue weighted by Gasteiger charge is 2.39. The molecule has 7 heteroatoms. The molecular formula is C34H33N3O3S. The normalized spacial score (nSPS) is 11.3. The summed E-state index contributed by atoms with van der Waals surface area (Å²) in [4.78, 5) is 22.6. The summed E-state index contributed by atoms with van der Waals surface area (Å²) in [6, 6.07) is 28.2. The number of methoxy groups -OCH3 is 2. The van der Waals surface area contributed by atoms with E-state index in [2.05, 4.69) is 34.6 Å². The van der Waals surface area contributed by atoms with Crippen molar-refractivity contribution >= 4 is 22.4 Å². The van der Waals surface area contributed by atoms with E-state index in [4.69, 9.17) is 14.5 Å². The van der Waals surface area contributed by atoms with Crippen molar-refractivity contribution in [2.24, 2.45) is 5.41 Å². The summed E-state index contributed by atoms with van der Waals surface area (Å²) in [5.74, 6) is 1.23. The van der Waals surface area contributed by atoms with Crippen LogP contribution in [0.5, 0.6) is 11.5 Å². The molecule has 0 bridgehead atoms. The summed E-state index contributed by atoms with van der Waals surface area (Å²) in [5.41, 5.74) is 5.60. The topological polar surface area (TPSA) is 73.3 Å². The number of anilines is 1. The van der Waals surface area contributed by atoms with Gasteiger partial charge in [0.2, 0.25) is 5.91 Å². The smallest absolute Gasteiger partial charge is 0.232 e. The maximum atomic E-state index is 13.8.